The first-order chi connectivity index (χ1) is 4.91. The second kappa shape index (κ2) is 1.66. The van der Waals surface area contributed by atoms with Crippen molar-refractivity contribution < 1.29 is 9.90 Å². The molecule has 0 aromatic carbocycles. The molecule has 0 radical (unpaired) electrons. The van der Waals surface area contributed by atoms with E-state index >= 15 is 0 Å². The molecule has 0 aliphatic rings. The third-order valence-electron chi connectivity index (χ3n) is 0.432. The van der Waals surface area contributed by atoms with Crippen molar-refractivity contribution in [2.45, 2.75) is 6.85 Å². The van der Waals surface area contributed by atoms with Gasteiger partial charge in [0.2, 0.25) is 0 Å². The van der Waals surface area contributed by atoms with Crippen molar-refractivity contribution in [1.29, 1.82) is 0 Å². The lowest BCUT2D eigenvalue weighted by atomic mass is 10.8. The molecule has 0 aliphatic carbocycles. The van der Waals surface area contributed by atoms with Gasteiger partial charge in [-0.2, -0.15) is 0 Å². The molecular formula is C4H4BrNO. The highest BCUT2D eigenvalue weighted by Crippen LogP contribution is 2.06. The largest absolute Gasteiger partial charge is 0.448 e. The second-order valence-corrected chi connectivity index (χ2v) is 1.66. The minimum Gasteiger partial charge on any atom is -0.448 e. The third-order valence-corrected chi connectivity index (χ3v) is 0.771. The van der Waals surface area contributed by atoms with Crippen molar-refractivity contribution in [1.82, 2.24) is 4.98 Å². The van der Waals surface area contributed by atoms with Crippen molar-refractivity contribution in [2.24, 2.45) is 0 Å². The van der Waals surface area contributed by atoms with Crippen LogP contribution in [0, 0.1) is 6.85 Å². The summed E-state index contributed by atoms with van der Waals surface area (Å²) in [5.74, 6) is -0.408. The van der Waals surface area contributed by atoms with Crippen LogP contribution in [0.15, 0.2) is 15.3 Å². The zero-order valence-corrected chi connectivity index (χ0v) is 4.82. The van der Waals surface area contributed by atoms with Gasteiger partial charge in [0.05, 0.1) is 0 Å². The molecule has 7 heavy (non-hydrogen) atoms. The number of aromatic nitrogens is 1. The Labute approximate surface area is 55.3 Å². The number of hydrogen-bond donors (Lipinski definition) is 0. The molecule has 0 N–H and O–H groups in total. The van der Waals surface area contributed by atoms with Crippen molar-refractivity contribution in [2.75, 3.05) is 0 Å². The van der Waals surface area contributed by atoms with Crippen LogP contribution in [0.3, 0.4) is 0 Å². The van der Waals surface area contributed by atoms with E-state index < -0.39 is 12.7 Å². The van der Waals surface area contributed by atoms with E-state index in [1.54, 1.807) is 0 Å². The van der Waals surface area contributed by atoms with Gasteiger partial charge in [0, 0.05) is 11.0 Å². The van der Waals surface area contributed by atoms with Crippen molar-refractivity contribution >= 4 is 15.9 Å². The van der Waals surface area contributed by atoms with Gasteiger partial charge in [0.25, 0.3) is 0 Å². The molecule has 1 rings (SSSR count). The minimum absolute atomic E-state index is 0.114. The summed E-state index contributed by atoms with van der Waals surface area (Å²) in [6.45, 7) is -2.37. The van der Waals surface area contributed by atoms with Crippen molar-refractivity contribution in [3.05, 3.63) is 16.7 Å². The molecule has 0 fully saturated rings. The lowest BCUT2D eigenvalue weighted by Crippen LogP contribution is -1.63. The molecule has 0 spiro atoms. The summed E-state index contributed by atoms with van der Waals surface area (Å²) in [5.41, 5.74) is 0. The van der Waals surface area contributed by atoms with E-state index in [4.69, 9.17) is 5.48 Å². The fourth-order valence-electron chi connectivity index (χ4n) is 0.225. The summed E-state index contributed by atoms with van der Waals surface area (Å²) in [7, 11) is 0. The van der Waals surface area contributed by atoms with Gasteiger partial charge >= 0.3 is 0 Å². The van der Waals surface area contributed by atoms with Crippen LogP contribution >= 0.6 is 15.9 Å². The maximum atomic E-state index is 6.99. The van der Waals surface area contributed by atoms with Gasteiger partial charge in [-0.1, -0.05) is 0 Å². The van der Waals surface area contributed by atoms with Crippen LogP contribution in [0.5, 0.6) is 0 Å². The second-order valence-electron chi connectivity index (χ2n) is 0.912. The fourth-order valence-corrected chi connectivity index (χ4v) is 0.467. The highest BCUT2D eigenvalue weighted by molar-refractivity contribution is 9.10. The van der Waals surface area contributed by atoms with E-state index in [0.29, 0.717) is 0 Å². The van der Waals surface area contributed by atoms with Crippen molar-refractivity contribution in [3.63, 3.8) is 0 Å². The summed E-state index contributed by atoms with van der Waals surface area (Å²) in [6.07, 6.45) is -0.267. The molecule has 3 heteroatoms. The average molecular weight is 166 g/mol. The standard InChI is InChI=1S/C4H4BrNO/c1-3-6-4(5)2-7-3/h2H,1H3/i1D3,2D. The van der Waals surface area contributed by atoms with Gasteiger partial charge < -0.3 is 4.42 Å². The van der Waals surface area contributed by atoms with E-state index in [1.807, 2.05) is 0 Å². The molecule has 1 aromatic heterocycles. The molecule has 0 atom stereocenters. The summed E-state index contributed by atoms with van der Waals surface area (Å²) in [6, 6.07) is 0. The smallest absolute Gasteiger partial charge is 0.191 e. The molecular weight excluding hydrogens is 158 g/mol. The Kier molecular flexibility index (Phi) is 0.449. The molecule has 0 saturated heterocycles. The maximum Gasteiger partial charge on any atom is 0.191 e. The normalized spacial score (nSPS) is 19.6. The molecule has 0 saturated carbocycles. The SMILES string of the molecule is [2H]c1oc(C([2H])([2H])[2H])nc1Br. The summed E-state index contributed by atoms with van der Waals surface area (Å²) >= 11 is 2.87. The Morgan fingerprint density at radius 2 is 3.14 bits per heavy atom. The Morgan fingerprint density at radius 1 is 2.29 bits per heavy atom. The highest BCUT2D eigenvalue weighted by atomic mass is 79.9. The minimum atomic E-state index is -2.37. The van der Waals surface area contributed by atoms with E-state index in [2.05, 4.69) is 25.3 Å². The first-order valence-electron chi connectivity index (χ1n) is 3.54. The molecule has 0 unspecified atom stereocenters. The van der Waals surface area contributed by atoms with Gasteiger partial charge in [-0.05, 0) is 15.9 Å². The predicted octanol–water partition coefficient (Wildman–Crippen LogP) is 1.75. The lowest BCUT2D eigenvalue weighted by molar-refractivity contribution is 0.521. The van der Waals surface area contributed by atoms with Gasteiger partial charge in [-0.15, -0.1) is 0 Å². The molecule has 0 aliphatic heterocycles. The zero-order valence-electron chi connectivity index (χ0n) is 7.23. The van der Waals surface area contributed by atoms with E-state index in [0.717, 1.165) is 0 Å². The molecule has 0 bridgehead atoms. The van der Waals surface area contributed by atoms with Crippen LogP contribution < -0.4 is 0 Å². The Balaban J connectivity index is 3.08. The molecule has 38 valence electrons. The summed E-state index contributed by atoms with van der Waals surface area (Å²) in [5, 5.41) is 0. The fraction of sp³-hybridized carbons (Fsp3) is 0.250. The van der Waals surface area contributed by atoms with Gasteiger partial charge in [0.15, 0.2) is 5.89 Å². The monoisotopic (exact) mass is 165 g/mol. The summed E-state index contributed by atoms with van der Waals surface area (Å²) in [4.78, 5) is 3.48. The Bertz CT molecular complexity index is 248. The van der Waals surface area contributed by atoms with Crippen LogP contribution in [0.1, 0.15) is 11.4 Å². The topological polar surface area (TPSA) is 26.0 Å². The van der Waals surface area contributed by atoms with E-state index in [1.165, 1.54) is 0 Å². The number of rotatable bonds is 0. The van der Waals surface area contributed by atoms with Crippen molar-refractivity contribution in [3.8, 4) is 0 Å². The van der Waals surface area contributed by atoms with Crippen LogP contribution in [-0.4, -0.2) is 4.98 Å². The first kappa shape index (κ1) is 1.90. The molecule has 1 heterocycles. The number of halogens is 1. The number of oxazole rings is 1. The van der Waals surface area contributed by atoms with Crippen LogP contribution in [0.25, 0.3) is 0 Å². The zero-order chi connectivity index (χ0) is 8.65. The average Bonchev–Trinajstić information content (AvgIpc) is 2.11. The molecule has 2 nitrogen and oxygen atoms in total. The highest BCUT2D eigenvalue weighted by Gasteiger charge is 1.89. The molecule has 0 amide bonds. The van der Waals surface area contributed by atoms with E-state index in [-0.39, 0.29) is 10.8 Å². The number of nitrogens with zero attached hydrogens (tertiary/aromatic N) is 1. The van der Waals surface area contributed by atoms with E-state index in [9.17, 15) is 0 Å². The third kappa shape index (κ3) is 1.03. The lowest BCUT2D eigenvalue weighted by Gasteiger charge is -1.68. The Hall–Kier alpha value is -0.310. The Morgan fingerprint density at radius 3 is 3.43 bits per heavy atom. The van der Waals surface area contributed by atoms with Crippen LogP contribution in [0.4, 0.5) is 0 Å². The van der Waals surface area contributed by atoms with Gasteiger partial charge in [-0.25, -0.2) is 4.98 Å². The predicted molar refractivity (Wildman–Crippen MR) is 28.9 cm³/mol. The maximum absolute atomic E-state index is 6.99. The number of hydrogen-bond acceptors (Lipinski definition) is 2. The number of aryl methyl sites for hydroxylation is 1. The first-order valence-corrected chi connectivity index (χ1v) is 2.34. The molecule has 1 aromatic rings. The van der Waals surface area contributed by atoms with Gasteiger partial charge in [-0.3, -0.25) is 0 Å². The van der Waals surface area contributed by atoms with Crippen LogP contribution in [0.2, 0.25) is 0 Å². The van der Waals surface area contributed by atoms with Crippen LogP contribution in [-0.2, 0) is 0 Å². The van der Waals surface area contributed by atoms with Gasteiger partial charge in [0.1, 0.15) is 12.2 Å². The summed E-state index contributed by atoms with van der Waals surface area (Å²) < 4.78 is 32.2. The quantitative estimate of drug-likeness (QED) is 0.586.